The zero-order valence-electron chi connectivity index (χ0n) is 4.95. The van der Waals surface area contributed by atoms with Gasteiger partial charge >= 0.3 is 0 Å². The molecule has 0 atom stereocenters. The summed E-state index contributed by atoms with van der Waals surface area (Å²) in [6, 6.07) is 0. The van der Waals surface area contributed by atoms with Gasteiger partial charge in [0.2, 0.25) is 5.91 Å². The number of nitrogens with zero attached hydrogens (tertiary/aromatic N) is 3. The predicted octanol–water partition coefficient (Wildman–Crippen LogP) is 0.562. The minimum atomic E-state index is -0.358. The highest BCUT2D eigenvalue weighted by Crippen LogP contribution is 1.86. The molecular weight excluding hydrogens is 120 g/mol. The van der Waals surface area contributed by atoms with Crippen molar-refractivity contribution in [1.29, 1.82) is 0 Å². The van der Waals surface area contributed by atoms with Gasteiger partial charge in [-0.25, -0.2) is 0 Å². The summed E-state index contributed by atoms with van der Waals surface area (Å²) in [5, 5.41) is 3.22. The Hall–Kier alpha value is -1.22. The number of rotatable bonds is 4. The van der Waals surface area contributed by atoms with Crippen molar-refractivity contribution in [2.75, 3.05) is 6.54 Å². The van der Waals surface area contributed by atoms with Crippen LogP contribution in [-0.4, -0.2) is 12.5 Å². The van der Waals surface area contributed by atoms with Crippen LogP contribution in [0.5, 0.6) is 0 Å². The molecule has 0 radical (unpaired) electrons. The summed E-state index contributed by atoms with van der Waals surface area (Å²) in [5.41, 5.74) is 12.6. The largest absolute Gasteiger partial charge is 0.370 e. The molecule has 2 N–H and O–H groups in total. The lowest BCUT2D eigenvalue weighted by atomic mass is 10.3. The quantitative estimate of drug-likeness (QED) is 0.255. The molecule has 0 aliphatic rings. The summed E-state index contributed by atoms with van der Waals surface area (Å²) >= 11 is 0. The van der Waals surface area contributed by atoms with Crippen LogP contribution in [0.4, 0.5) is 0 Å². The second-order valence-corrected chi connectivity index (χ2v) is 1.52. The lowest BCUT2D eigenvalue weighted by Gasteiger charge is -1.87. The van der Waals surface area contributed by atoms with E-state index in [1.165, 1.54) is 0 Å². The van der Waals surface area contributed by atoms with Gasteiger partial charge < -0.3 is 5.73 Å². The third kappa shape index (κ3) is 6.78. The first-order valence-corrected chi connectivity index (χ1v) is 2.56. The molecule has 0 bridgehead atoms. The van der Waals surface area contributed by atoms with E-state index in [2.05, 4.69) is 10.0 Å². The van der Waals surface area contributed by atoms with E-state index in [0.29, 0.717) is 19.4 Å². The Kier molecular flexibility index (Phi) is 4.26. The van der Waals surface area contributed by atoms with Crippen LogP contribution in [0, 0.1) is 0 Å². The zero-order chi connectivity index (χ0) is 7.11. The van der Waals surface area contributed by atoms with Gasteiger partial charge in [-0.2, -0.15) is 0 Å². The van der Waals surface area contributed by atoms with Crippen LogP contribution in [0.15, 0.2) is 5.11 Å². The molecule has 1 amide bonds. The Labute approximate surface area is 52.5 Å². The van der Waals surface area contributed by atoms with Crippen LogP contribution in [0.25, 0.3) is 10.4 Å². The van der Waals surface area contributed by atoms with E-state index in [0.717, 1.165) is 0 Å². The Balaban J connectivity index is 3.10. The van der Waals surface area contributed by atoms with E-state index < -0.39 is 0 Å². The van der Waals surface area contributed by atoms with Gasteiger partial charge in [-0.1, -0.05) is 5.11 Å². The van der Waals surface area contributed by atoms with Gasteiger partial charge in [0.15, 0.2) is 0 Å². The Morgan fingerprint density at radius 3 is 2.89 bits per heavy atom. The Bertz CT molecular complexity index is 136. The van der Waals surface area contributed by atoms with E-state index in [9.17, 15) is 4.79 Å². The predicted molar refractivity (Wildman–Crippen MR) is 32.4 cm³/mol. The molecule has 50 valence electrons. The standard InChI is InChI=1S/C4H8N4O/c5-4(9)2-1-3-7-8-6/h1-3H2,(H2,5,9). The fraction of sp³-hybridized carbons (Fsp3) is 0.750. The van der Waals surface area contributed by atoms with Gasteiger partial charge in [-0.15, -0.1) is 0 Å². The topological polar surface area (TPSA) is 91.8 Å². The first kappa shape index (κ1) is 7.78. The fourth-order valence-corrected chi connectivity index (χ4v) is 0.369. The smallest absolute Gasteiger partial charge is 0.217 e. The SMILES string of the molecule is [N-]=[N+]=NCCCC(N)=O. The maximum Gasteiger partial charge on any atom is 0.217 e. The van der Waals surface area contributed by atoms with Crippen molar-refractivity contribution in [2.24, 2.45) is 10.8 Å². The molecule has 0 aromatic heterocycles. The summed E-state index contributed by atoms with van der Waals surface area (Å²) in [6.07, 6.45) is 0.832. The summed E-state index contributed by atoms with van der Waals surface area (Å²) < 4.78 is 0. The minimum absolute atomic E-state index is 0.291. The zero-order valence-corrected chi connectivity index (χ0v) is 4.95. The molecule has 5 heteroatoms. The number of carbonyl (C=O) groups is 1. The minimum Gasteiger partial charge on any atom is -0.370 e. The summed E-state index contributed by atoms with van der Waals surface area (Å²) in [7, 11) is 0. The summed E-state index contributed by atoms with van der Waals surface area (Å²) in [6.45, 7) is 0.347. The number of hydrogen-bond donors (Lipinski definition) is 1. The van der Waals surface area contributed by atoms with E-state index in [4.69, 9.17) is 11.3 Å². The maximum atomic E-state index is 10.0. The van der Waals surface area contributed by atoms with Gasteiger partial charge in [0.25, 0.3) is 0 Å². The van der Waals surface area contributed by atoms with Gasteiger partial charge in [-0.3, -0.25) is 4.79 Å². The molecule has 0 saturated heterocycles. The summed E-state index contributed by atoms with van der Waals surface area (Å²) in [5.74, 6) is -0.358. The van der Waals surface area contributed by atoms with E-state index in [-0.39, 0.29) is 5.91 Å². The van der Waals surface area contributed by atoms with E-state index in [1.54, 1.807) is 0 Å². The number of hydrogen-bond acceptors (Lipinski definition) is 2. The molecule has 0 aliphatic carbocycles. The van der Waals surface area contributed by atoms with Crippen molar-refractivity contribution in [2.45, 2.75) is 12.8 Å². The molecule has 0 heterocycles. The number of carbonyl (C=O) groups excluding carboxylic acids is 1. The normalized spacial score (nSPS) is 8.00. The second kappa shape index (κ2) is 4.93. The van der Waals surface area contributed by atoms with Crippen molar-refractivity contribution in [1.82, 2.24) is 0 Å². The van der Waals surface area contributed by atoms with Gasteiger partial charge in [0, 0.05) is 17.9 Å². The average Bonchev–Trinajstić information content (AvgIpc) is 1.80. The van der Waals surface area contributed by atoms with Crippen molar-refractivity contribution in [3.63, 3.8) is 0 Å². The molecule has 0 spiro atoms. The lowest BCUT2D eigenvalue weighted by molar-refractivity contribution is -0.118. The van der Waals surface area contributed by atoms with Crippen LogP contribution in [0.3, 0.4) is 0 Å². The monoisotopic (exact) mass is 128 g/mol. The van der Waals surface area contributed by atoms with Crippen molar-refractivity contribution in [3.8, 4) is 0 Å². The van der Waals surface area contributed by atoms with Crippen LogP contribution >= 0.6 is 0 Å². The van der Waals surface area contributed by atoms with Crippen molar-refractivity contribution >= 4 is 5.91 Å². The fourth-order valence-electron chi connectivity index (χ4n) is 0.369. The Morgan fingerprint density at radius 1 is 1.78 bits per heavy atom. The molecule has 9 heavy (non-hydrogen) atoms. The number of azide groups is 1. The van der Waals surface area contributed by atoms with Crippen LogP contribution in [-0.2, 0) is 4.79 Å². The third-order valence-corrected chi connectivity index (χ3v) is 0.745. The molecule has 0 aromatic rings. The molecule has 0 unspecified atom stereocenters. The highest BCUT2D eigenvalue weighted by molar-refractivity contribution is 5.73. The number of nitrogens with two attached hydrogens (primary N) is 1. The van der Waals surface area contributed by atoms with Crippen LogP contribution < -0.4 is 5.73 Å². The van der Waals surface area contributed by atoms with Crippen molar-refractivity contribution < 1.29 is 4.79 Å². The van der Waals surface area contributed by atoms with E-state index in [1.807, 2.05) is 0 Å². The molecule has 0 rings (SSSR count). The Morgan fingerprint density at radius 2 is 2.44 bits per heavy atom. The van der Waals surface area contributed by atoms with Gasteiger partial charge in [-0.05, 0) is 12.0 Å². The average molecular weight is 128 g/mol. The molecule has 5 nitrogen and oxygen atoms in total. The maximum absolute atomic E-state index is 10.0. The number of amides is 1. The number of primary amides is 1. The third-order valence-electron chi connectivity index (χ3n) is 0.745. The summed E-state index contributed by atoms with van der Waals surface area (Å²) in [4.78, 5) is 12.6. The molecule has 0 fully saturated rings. The highest BCUT2D eigenvalue weighted by Gasteiger charge is 1.90. The first-order valence-electron chi connectivity index (χ1n) is 2.56. The van der Waals surface area contributed by atoms with E-state index >= 15 is 0 Å². The molecular formula is C4H8N4O. The van der Waals surface area contributed by atoms with Crippen molar-refractivity contribution in [3.05, 3.63) is 10.4 Å². The van der Waals surface area contributed by atoms with Gasteiger partial charge in [0.1, 0.15) is 0 Å². The molecule has 0 aromatic carbocycles. The van der Waals surface area contributed by atoms with Crippen LogP contribution in [0.1, 0.15) is 12.8 Å². The first-order chi connectivity index (χ1) is 4.27. The molecule has 0 aliphatic heterocycles. The highest BCUT2D eigenvalue weighted by atomic mass is 16.1. The second-order valence-electron chi connectivity index (χ2n) is 1.52. The van der Waals surface area contributed by atoms with Crippen LogP contribution in [0.2, 0.25) is 0 Å². The molecule has 0 saturated carbocycles. The lowest BCUT2D eigenvalue weighted by Crippen LogP contribution is -2.09. The van der Waals surface area contributed by atoms with Gasteiger partial charge in [0.05, 0.1) is 0 Å².